The molecule has 1 heterocycles. The number of nitrogens with one attached hydrogen (secondary N) is 1. The molecule has 0 bridgehead atoms. The molecule has 1 aromatic heterocycles. The third-order valence-electron chi connectivity index (χ3n) is 2.33. The Bertz CT molecular complexity index is 570. The second kappa shape index (κ2) is 6.43. The SMILES string of the molecule is CCc1nc(NN)cc(Sc2ccc(Cl)c(Cl)c2)n1. The number of nitrogens with zero attached hydrogens (tertiary/aromatic N) is 2. The van der Waals surface area contributed by atoms with Crippen LogP contribution in [0.3, 0.4) is 0 Å². The molecule has 0 aliphatic carbocycles. The fourth-order valence-electron chi connectivity index (χ4n) is 1.42. The van der Waals surface area contributed by atoms with Gasteiger partial charge in [-0.3, -0.25) is 0 Å². The van der Waals surface area contributed by atoms with Gasteiger partial charge in [0.1, 0.15) is 16.7 Å². The van der Waals surface area contributed by atoms with E-state index < -0.39 is 0 Å². The predicted molar refractivity (Wildman–Crippen MR) is 79.8 cm³/mol. The molecule has 0 radical (unpaired) electrons. The van der Waals surface area contributed by atoms with Crippen LogP contribution >= 0.6 is 35.0 Å². The minimum Gasteiger partial charge on any atom is -0.308 e. The summed E-state index contributed by atoms with van der Waals surface area (Å²) in [6.45, 7) is 1.99. The van der Waals surface area contributed by atoms with Crippen LogP contribution in [0.25, 0.3) is 0 Å². The standard InChI is InChI=1S/C12H12Cl2N4S/c1-2-10-16-11(18-15)6-12(17-10)19-7-3-4-8(13)9(14)5-7/h3-6H,2,15H2,1H3,(H,16,17,18). The van der Waals surface area contributed by atoms with Crippen LogP contribution in [0.1, 0.15) is 12.7 Å². The number of hydrogen-bond acceptors (Lipinski definition) is 5. The van der Waals surface area contributed by atoms with E-state index in [9.17, 15) is 0 Å². The predicted octanol–water partition coefficient (Wildman–Crippen LogP) is 3.78. The number of benzene rings is 1. The van der Waals surface area contributed by atoms with Gasteiger partial charge < -0.3 is 5.43 Å². The van der Waals surface area contributed by atoms with E-state index in [1.165, 1.54) is 11.8 Å². The Morgan fingerprint density at radius 1 is 1.21 bits per heavy atom. The highest BCUT2D eigenvalue weighted by atomic mass is 35.5. The van der Waals surface area contributed by atoms with Crippen LogP contribution in [0.5, 0.6) is 0 Å². The summed E-state index contributed by atoms with van der Waals surface area (Å²) in [5.74, 6) is 6.72. The largest absolute Gasteiger partial charge is 0.308 e. The molecule has 0 aliphatic rings. The Labute approximate surface area is 125 Å². The molecular formula is C12H12Cl2N4S. The maximum atomic E-state index is 5.99. The third kappa shape index (κ3) is 3.73. The van der Waals surface area contributed by atoms with Gasteiger partial charge in [-0.25, -0.2) is 15.8 Å². The van der Waals surface area contributed by atoms with Crippen LogP contribution < -0.4 is 11.3 Å². The van der Waals surface area contributed by atoms with Gasteiger partial charge in [-0.2, -0.15) is 0 Å². The maximum absolute atomic E-state index is 5.99. The Morgan fingerprint density at radius 3 is 2.63 bits per heavy atom. The highest BCUT2D eigenvalue weighted by Crippen LogP contribution is 2.32. The smallest absolute Gasteiger partial charge is 0.144 e. The van der Waals surface area contributed by atoms with Gasteiger partial charge in [-0.05, 0) is 18.2 Å². The van der Waals surface area contributed by atoms with Gasteiger partial charge in [0.05, 0.1) is 10.0 Å². The zero-order valence-electron chi connectivity index (χ0n) is 10.2. The first-order chi connectivity index (χ1) is 9.12. The van der Waals surface area contributed by atoms with Crippen LogP contribution in [0.15, 0.2) is 34.2 Å². The lowest BCUT2D eigenvalue weighted by molar-refractivity contribution is 0.888. The number of aromatic nitrogens is 2. The van der Waals surface area contributed by atoms with Crippen LogP contribution in [-0.4, -0.2) is 9.97 Å². The minimum absolute atomic E-state index is 0.522. The topological polar surface area (TPSA) is 63.8 Å². The molecule has 0 saturated carbocycles. The lowest BCUT2D eigenvalue weighted by Gasteiger charge is -2.07. The number of halogens is 2. The summed E-state index contributed by atoms with van der Waals surface area (Å²) in [6.07, 6.45) is 0.741. The highest BCUT2D eigenvalue weighted by Gasteiger charge is 2.06. The first kappa shape index (κ1) is 14.4. The molecule has 0 saturated heterocycles. The van der Waals surface area contributed by atoms with Crippen molar-refractivity contribution in [1.29, 1.82) is 0 Å². The molecule has 100 valence electrons. The number of nitrogens with two attached hydrogens (primary N) is 1. The van der Waals surface area contributed by atoms with E-state index in [1.807, 2.05) is 13.0 Å². The van der Waals surface area contributed by atoms with Gasteiger partial charge >= 0.3 is 0 Å². The monoisotopic (exact) mass is 314 g/mol. The van der Waals surface area contributed by atoms with Crippen molar-refractivity contribution >= 4 is 40.8 Å². The van der Waals surface area contributed by atoms with Crippen molar-refractivity contribution in [2.75, 3.05) is 5.43 Å². The lowest BCUT2D eigenvalue weighted by Crippen LogP contribution is -2.10. The summed E-state index contributed by atoms with van der Waals surface area (Å²) in [5, 5.41) is 1.86. The Balaban J connectivity index is 2.29. The van der Waals surface area contributed by atoms with Crippen LogP contribution in [0.4, 0.5) is 5.82 Å². The van der Waals surface area contributed by atoms with Crippen LogP contribution in [-0.2, 0) is 6.42 Å². The molecule has 2 rings (SSSR count). The van der Waals surface area contributed by atoms with Gasteiger partial charge in [-0.15, -0.1) is 0 Å². The summed E-state index contributed by atoms with van der Waals surface area (Å²) >= 11 is 13.4. The summed E-state index contributed by atoms with van der Waals surface area (Å²) in [4.78, 5) is 9.62. The molecule has 19 heavy (non-hydrogen) atoms. The molecule has 0 spiro atoms. The van der Waals surface area contributed by atoms with E-state index in [-0.39, 0.29) is 0 Å². The van der Waals surface area contributed by atoms with Crippen molar-refractivity contribution in [1.82, 2.24) is 9.97 Å². The number of aryl methyl sites for hydroxylation is 1. The maximum Gasteiger partial charge on any atom is 0.144 e. The molecule has 3 N–H and O–H groups in total. The Kier molecular flexibility index (Phi) is 4.87. The van der Waals surface area contributed by atoms with Gasteiger partial charge in [0, 0.05) is 17.4 Å². The van der Waals surface area contributed by atoms with Crippen molar-refractivity contribution in [2.24, 2.45) is 5.84 Å². The minimum atomic E-state index is 0.522. The molecule has 0 atom stereocenters. The zero-order valence-corrected chi connectivity index (χ0v) is 12.5. The molecule has 2 aromatic rings. The quantitative estimate of drug-likeness (QED) is 0.511. The van der Waals surface area contributed by atoms with E-state index in [0.29, 0.717) is 15.9 Å². The average molecular weight is 315 g/mol. The van der Waals surface area contributed by atoms with Crippen molar-refractivity contribution in [3.05, 3.63) is 40.1 Å². The number of rotatable bonds is 4. The summed E-state index contributed by atoms with van der Waals surface area (Å²) < 4.78 is 0. The highest BCUT2D eigenvalue weighted by molar-refractivity contribution is 7.99. The number of anilines is 1. The molecule has 7 heteroatoms. The Hall–Kier alpha value is -1.01. The molecule has 0 aliphatic heterocycles. The fraction of sp³-hybridized carbons (Fsp3) is 0.167. The van der Waals surface area contributed by atoms with Crippen LogP contribution in [0.2, 0.25) is 10.0 Å². The third-order valence-corrected chi connectivity index (χ3v) is 3.97. The summed E-state index contributed by atoms with van der Waals surface area (Å²) in [7, 11) is 0. The van der Waals surface area contributed by atoms with E-state index in [0.717, 1.165) is 22.2 Å². The summed E-state index contributed by atoms with van der Waals surface area (Å²) in [6, 6.07) is 7.24. The van der Waals surface area contributed by atoms with Gasteiger partial charge in [0.15, 0.2) is 0 Å². The van der Waals surface area contributed by atoms with Gasteiger partial charge in [-0.1, -0.05) is 41.9 Å². The molecule has 4 nitrogen and oxygen atoms in total. The number of hydrogen-bond donors (Lipinski definition) is 2. The molecule has 0 amide bonds. The van der Waals surface area contributed by atoms with Gasteiger partial charge in [0.2, 0.25) is 0 Å². The number of nitrogen functional groups attached to an aromatic ring is 1. The van der Waals surface area contributed by atoms with Gasteiger partial charge in [0.25, 0.3) is 0 Å². The lowest BCUT2D eigenvalue weighted by atomic mass is 10.4. The molecular weight excluding hydrogens is 303 g/mol. The average Bonchev–Trinajstić information content (AvgIpc) is 2.42. The van der Waals surface area contributed by atoms with Crippen LogP contribution in [0, 0.1) is 0 Å². The van der Waals surface area contributed by atoms with Crippen molar-refractivity contribution in [3.8, 4) is 0 Å². The fourth-order valence-corrected chi connectivity index (χ4v) is 2.66. The molecule has 0 unspecified atom stereocenters. The normalized spacial score (nSPS) is 10.5. The zero-order chi connectivity index (χ0) is 13.8. The van der Waals surface area contributed by atoms with E-state index in [2.05, 4.69) is 15.4 Å². The summed E-state index contributed by atoms with van der Waals surface area (Å²) in [5.41, 5.74) is 2.54. The molecule has 0 fully saturated rings. The van der Waals surface area contributed by atoms with Crippen molar-refractivity contribution in [2.45, 2.75) is 23.3 Å². The van der Waals surface area contributed by atoms with E-state index in [1.54, 1.807) is 18.2 Å². The molecule has 1 aromatic carbocycles. The first-order valence-electron chi connectivity index (χ1n) is 5.60. The first-order valence-corrected chi connectivity index (χ1v) is 7.17. The number of hydrazine groups is 1. The second-order valence-corrected chi connectivity index (χ2v) is 5.59. The Morgan fingerprint density at radius 2 is 2.00 bits per heavy atom. The van der Waals surface area contributed by atoms with E-state index >= 15 is 0 Å². The van der Waals surface area contributed by atoms with E-state index in [4.69, 9.17) is 29.0 Å². The second-order valence-electron chi connectivity index (χ2n) is 3.68. The van der Waals surface area contributed by atoms with Crippen molar-refractivity contribution in [3.63, 3.8) is 0 Å². The van der Waals surface area contributed by atoms with Crippen molar-refractivity contribution < 1.29 is 0 Å².